The number of alkyl halides is 3. The van der Waals surface area contributed by atoms with Crippen molar-refractivity contribution in [1.82, 2.24) is 4.57 Å². The highest BCUT2D eigenvalue weighted by atomic mass is 32.2. The van der Waals surface area contributed by atoms with E-state index in [9.17, 15) is 18.0 Å². The fraction of sp³-hybridized carbons (Fsp3) is 0.226. The van der Waals surface area contributed by atoms with Gasteiger partial charge in [0.15, 0.2) is 11.6 Å². The zero-order valence-corrected chi connectivity index (χ0v) is 23.6. The predicted molar refractivity (Wildman–Crippen MR) is 151 cm³/mol. The second kappa shape index (κ2) is 11.1. The minimum Gasteiger partial charge on any atom is -0.453 e. The molecule has 0 bridgehead atoms. The van der Waals surface area contributed by atoms with Crippen LogP contribution in [0.3, 0.4) is 0 Å². The summed E-state index contributed by atoms with van der Waals surface area (Å²) in [5.41, 5.74) is -0.958. The van der Waals surface area contributed by atoms with Crippen molar-refractivity contribution in [3.05, 3.63) is 110 Å². The van der Waals surface area contributed by atoms with Crippen molar-refractivity contribution in [1.29, 1.82) is 0 Å². The average Bonchev–Trinajstić information content (AvgIpc) is 3.64. The quantitative estimate of drug-likeness (QED) is 0.131. The molecular formula is C31H23F5N2O4S. The molecular weight excluding hydrogens is 591 g/mol. The number of nitrogens with zero attached hydrogens (tertiary/aromatic N) is 2. The van der Waals surface area contributed by atoms with Gasteiger partial charge in [0.25, 0.3) is 5.56 Å². The first kappa shape index (κ1) is 28.8. The maximum Gasteiger partial charge on any atom is 0.416 e. The number of rotatable bonds is 6. The number of thioether (sulfide) groups is 1. The summed E-state index contributed by atoms with van der Waals surface area (Å²) in [4.78, 5) is 19.5. The number of aromatic nitrogens is 1. The van der Waals surface area contributed by atoms with E-state index in [-0.39, 0.29) is 46.3 Å². The van der Waals surface area contributed by atoms with E-state index in [2.05, 4.69) is 5.16 Å². The minimum absolute atomic E-state index is 0.0863. The van der Waals surface area contributed by atoms with Gasteiger partial charge in [0.2, 0.25) is 12.5 Å². The molecule has 4 aromatic rings. The van der Waals surface area contributed by atoms with Crippen LogP contribution in [0.15, 0.2) is 75.6 Å². The molecule has 2 aliphatic heterocycles. The summed E-state index contributed by atoms with van der Waals surface area (Å²) in [7, 11) is 1.36. The third-order valence-electron chi connectivity index (χ3n) is 7.53. The van der Waals surface area contributed by atoms with Crippen LogP contribution in [0.25, 0.3) is 11.1 Å². The molecule has 1 aromatic heterocycles. The molecule has 0 spiro atoms. The lowest BCUT2D eigenvalue weighted by molar-refractivity contribution is -0.138. The predicted octanol–water partition coefficient (Wildman–Crippen LogP) is 7.14. The van der Waals surface area contributed by atoms with Gasteiger partial charge >= 0.3 is 6.18 Å². The van der Waals surface area contributed by atoms with Gasteiger partial charge in [0.1, 0.15) is 18.6 Å². The number of fused-ring (bicyclic) bond motifs is 2. The Morgan fingerprint density at radius 1 is 1.05 bits per heavy atom. The van der Waals surface area contributed by atoms with Crippen molar-refractivity contribution in [3.63, 3.8) is 0 Å². The van der Waals surface area contributed by atoms with Crippen LogP contribution in [0.5, 0.6) is 11.5 Å². The second-order valence-corrected chi connectivity index (χ2v) is 10.9. The number of oxime groups is 1. The van der Waals surface area contributed by atoms with Crippen LogP contribution in [0.1, 0.15) is 33.9 Å². The molecule has 1 atom stereocenters. The van der Waals surface area contributed by atoms with Gasteiger partial charge in [-0.2, -0.15) is 13.2 Å². The lowest BCUT2D eigenvalue weighted by atomic mass is 9.92. The third-order valence-corrected chi connectivity index (χ3v) is 8.73. The van der Waals surface area contributed by atoms with E-state index in [0.29, 0.717) is 16.3 Å². The van der Waals surface area contributed by atoms with Crippen molar-refractivity contribution in [2.24, 2.45) is 5.16 Å². The Kier molecular flexibility index (Phi) is 7.41. The van der Waals surface area contributed by atoms with Gasteiger partial charge in [0, 0.05) is 28.9 Å². The molecule has 0 fully saturated rings. The molecule has 0 amide bonds. The fourth-order valence-electron chi connectivity index (χ4n) is 5.55. The highest BCUT2D eigenvalue weighted by Crippen LogP contribution is 2.45. The molecule has 12 heteroatoms. The van der Waals surface area contributed by atoms with Crippen LogP contribution in [0.4, 0.5) is 22.0 Å². The van der Waals surface area contributed by atoms with Crippen LogP contribution in [-0.4, -0.2) is 29.9 Å². The lowest BCUT2D eigenvalue weighted by Crippen LogP contribution is -2.32. The number of halogens is 5. The van der Waals surface area contributed by atoms with E-state index in [1.807, 2.05) is 6.07 Å². The van der Waals surface area contributed by atoms with Crippen LogP contribution in [0, 0.1) is 18.6 Å². The van der Waals surface area contributed by atoms with E-state index in [0.717, 1.165) is 18.2 Å². The van der Waals surface area contributed by atoms with Gasteiger partial charge in [0.05, 0.1) is 22.2 Å². The molecule has 0 saturated carbocycles. The van der Waals surface area contributed by atoms with Gasteiger partial charge < -0.3 is 14.3 Å². The van der Waals surface area contributed by atoms with E-state index < -0.39 is 47.0 Å². The summed E-state index contributed by atoms with van der Waals surface area (Å²) >= 11 is 1.23. The maximum absolute atomic E-state index is 15.8. The first-order valence-corrected chi connectivity index (χ1v) is 14.1. The molecule has 6 nitrogen and oxygen atoms in total. The molecule has 0 radical (unpaired) electrons. The first-order chi connectivity index (χ1) is 20.6. The summed E-state index contributed by atoms with van der Waals surface area (Å²) in [5.74, 6) is -1.63. The number of pyridine rings is 1. The van der Waals surface area contributed by atoms with Gasteiger partial charge in [-0.25, -0.2) is 8.78 Å². The van der Waals surface area contributed by atoms with Crippen LogP contribution in [0.2, 0.25) is 0 Å². The molecule has 1 unspecified atom stereocenters. The van der Waals surface area contributed by atoms with Crippen molar-refractivity contribution in [3.8, 4) is 22.6 Å². The highest BCUT2D eigenvalue weighted by Gasteiger charge is 2.38. The molecule has 3 aromatic carbocycles. The largest absolute Gasteiger partial charge is 0.453 e. The van der Waals surface area contributed by atoms with E-state index >= 15 is 8.78 Å². The summed E-state index contributed by atoms with van der Waals surface area (Å²) in [5, 5.41) is 4.55. The molecule has 222 valence electrons. The number of hydrogen-bond acceptors (Lipinski definition) is 6. The van der Waals surface area contributed by atoms with Crippen molar-refractivity contribution in [2.75, 3.05) is 19.7 Å². The standard InChI is InChI=1S/C31H23F5N2O4S/c1-16-19(13-20-21(31(34,35)36)9-6-10-22(20)32)30-38(23(14-43-30)27(37-40-2)17-7-4-3-5-8-17)29(39)25(16)18-11-12-24-28(26(18)33)42-15-41-24/h3-12,23H,13-15H2,1-2H3. The number of benzene rings is 3. The van der Waals surface area contributed by atoms with Crippen molar-refractivity contribution < 1.29 is 36.3 Å². The Balaban J connectivity index is 1.63. The molecule has 0 saturated heterocycles. The SMILES string of the molecule is CON=C(c1ccccc1)C1CSc2c(Cc3c(F)cccc3C(F)(F)F)c(C)c(-c3ccc4c(c3F)OCO4)c(=O)n21. The maximum atomic E-state index is 15.8. The van der Waals surface area contributed by atoms with E-state index in [4.69, 9.17) is 14.3 Å². The zero-order chi connectivity index (χ0) is 30.5. The van der Waals surface area contributed by atoms with Crippen molar-refractivity contribution in [2.45, 2.75) is 30.6 Å². The Hall–Kier alpha value is -4.32. The Morgan fingerprint density at radius 3 is 2.53 bits per heavy atom. The van der Waals surface area contributed by atoms with Crippen LogP contribution < -0.4 is 15.0 Å². The minimum atomic E-state index is -4.83. The van der Waals surface area contributed by atoms with E-state index in [1.165, 1.54) is 42.5 Å². The zero-order valence-electron chi connectivity index (χ0n) is 22.8. The summed E-state index contributed by atoms with van der Waals surface area (Å²) in [6.07, 6.45) is -5.32. The second-order valence-electron chi connectivity index (χ2n) is 9.91. The molecule has 2 aliphatic rings. The smallest absolute Gasteiger partial charge is 0.416 e. The third kappa shape index (κ3) is 4.93. The number of ether oxygens (including phenoxy) is 2. The summed E-state index contributed by atoms with van der Waals surface area (Å²) in [6.45, 7) is 1.32. The topological polar surface area (TPSA) is 62.0 Å². The normalized spacial score (nSPS) is 16.0. The average molecular weight is 615 g/mol. The van der Waals surface area contributed by atoms with Crippen LogP contribution >= 0.6 is 11.8 Å². The highest BCUT2D eigenvalue weighted by molar-refractivity contribution is 7.99. The molecule has 6 rings (SSSR count). The lowest BCUT2D eigenvalue weighted by Gasteiger charge is -2.22. The van der Waals surface area contributed by atoms with Gasteiger partial charge in [-0.3, -0.25) is 9.36 Å². The summed E-state index contributed by atoms with van der Waals surface area (Å²) < 4.78 is 84.9. The van der Waals surface area contributed by atoms with Gasteiger partial charge in [-0.15, -0.1) is 11.8 Å². The van der Waals surface area contributed by atoms with Gasteiger partial charge in [-0.1, -0.05) is 41.6 Å². The Bertz CT molecular complexity index is 1820. The summed E-state index contributed by atoms with van der Waals surface area (Å²) in [6, 6.07) is 13.8. The molecule has 0 N–H and O–H groups in total. The molecule has 3 heterocycles. The van der Waals surface area contributed by atoms with E-state index in [1.54, 1.807) is 24.3 Å². The van der Waals surface area contributed by atoms with Gasteiger partial charge in [-0.05, 0) is 42.3 Å². The fourth-order valence-corrected chi connectivity index (χ4v) is 6.93. The van der Waals surface area contributed by atoms with Crippen molar-refractivity contribution >= 4 is 17.5 Å². The molecule has 43 heavy (non-hydrogen) atoms. The Morgan fingerprint density at radius 2 is 1.81 bits per heavy atom. The van der Waals surface area contributed by atoms with Crippen LogP contribution in [-0.2, 0) is 17.4 Å². The Labute approximate surface area is 246 Å². The monoisotopic (exact) mass is 614 g/mol. The molecule has 0 aliphatic carbocycles. The first-order valence-electron chi connectivity index (χ1n) is 13.1. The number of hydrogen-bond donors (Lipinski definition) is 0.